The zero-order valence-corrected chi connectivity index (χ0v) is 17.9. The van der Waals surface area contributed by atoms with Crippen LogP contribution in [0.2, 0.25) is 0 Å². The molecule has 31 heavy (non-hydrogen) atoms. The van der Waals surface area contributed by atoms with E-state index in [1.807, 2.05) is 19.0 Å². The molecule has 2 aromatic carbocycles. The average molecular weight is 426 g/mol. The van der Waals surface area contributed by atoms with E-state index in [0.717, 1.165) is 17.9 Å². The smallest absolute Gasteiger partial charge is 0.287 e. The van der Waals surface area contributed by atoms with Crippen LogP contribution in [0.15, 0.2) is 65.1 Å². The molecule has 0 saturated carbocycles. The fourth-order valence-corrected chi connectivity index (χ4v) is 3.04. The van der Waals surface area contributed by atoms with Crippen LogP contribution in [0.1, 0.15) is 34.3 Å². The zero-order chi connectivity index (χ0) is 22.2. The Morgan fingerprint density at radius 3 is 2.35 bits per heavy atom. The van der Waals surface area contributed by atoms with Gasteiger partial charge in [-0.15, -0.1) is 0 Å². The van der Waals surface area contributed by atoms with E-state index in [9.17, 15) is 9.18 Å². The molecule has 3 rings (SSSR count). The van der Waals surface area contributed by atoms with E-state index in [4.69, 9.17) is 13.9 Å². The lowest BCUT2D eigenvalue weighted by Gasteiger charge is -2.21. The summed E-state index contributed by atoms with van der Waals surface area (Å²) in [5, 5.41) is 2.99. The van der Waals surface area contributed by atoms with Crippen LogP contribution < -0.4 is 14.8 Å². The van der Waals surface area contributed by atoms with Crippen molar-refractivity contribution in [3.8, 4) is 11.5 Å². The lowest BCUT2D eigenvalue weighted by Crippen LogP contribution is -2.30. The number of nitrogens with zero attached hydrogens (tertiary/aromatic N) is 1. The number of furan rings is 1. The Hall–Kier alpha value is -3.32. The number of ether oxygens (including phenoxy) is 2. The minimum absolute atomic E-state index is 0.196. The van der Waals surface area contributed by atoms with Gasteiger partial charge in [0.25, 0.3) is 5.91 Å². The Labute approximate surface area is 181 Å². The van der Waals surface area contributed by atoms with Crippen LogP contribution in [0.4, 0.5) is 4.39 Å². The number of hydrogen-bond donors (Lipinski definition) is 1. The van der Waals surface area contributed by atoms with Crippen LogP contribution in [-0.2, 0) is 6.61 Å². The molecule has 0 bridgehead atoms. The third kappa shape index (κ3) is 6.58. The fraction of sp³-hybridized carbons (Fsp3) is 0.292. The van der Waals surface area contributed by atoms with Gasteiger partial charge in [0.1, 0.15) is 29.7 Å². The minimum atomic E-state index is -0.330. The van der Waals surface area contributed by atoms with E-state index >= 15 is 0 Å². The Kier molecular flexibility index (Phi) is 7.67. The Morgan fingerprint density at radius 2 is 1.71 bits per heavy atom. The molecule has 1 heterocycles. The van der Waals surface area contributed by atoms with Crippen molar-refractivity contribution >= 4 is 5.91 Å². The molecule has 7 heteroatoms. The summed E-state index contributed by atoms with van der Waals surface area (Å²) in [6.07, 6.45) is 0.679. The monoisotopic (exact) mass is 426 g/mol. The second kappa shape index (κ2) is 10.6. The number of hydrogen-bond acceptors (Lipinski definition) is 5. The number of methoxy groups -OCH3 is 1. The van der Waals surface area contributed by atoms with Gasteiger partial charge in [0, 0.05) is 0 Å². The molecule has 164 valence electrons. The number of carbonyl (C=O) groups is 1. The second-order valence-electron chi connectivity index (χ2n) is 7.40. The van der Waals surface area contributed by atoms with Gasteiger partial charge in [-0.25, -0.2) is 4.39 Å². The highest BCUT2D eigenvalue weighted by atomic mass is 19.1. The molecule has 0 aliphatic heterocycles. The summed E-state index contributed by atoms with van der Waals surface area (Å²) in [4.78, 5) is 14.8. The molecule has 1 unspecified atom stereocenters. The summed E-state index contributed by atoms with van der Waals surface area (Å²) in [6, 6.07) is 16.4. The number of carbonyl (C=O) groups excluding carboxylic acids is 1. The topological polar surface area (TPSA) is 63.9 Å². The number of halogens is 1. The van der Waals surface area contributed by atoms with Crippen molar-refractivity contribution < 1.29 is 23.1 Å². The van der Waals surface area contributed by atoms with E-state index < -0.39 is 0 Å². The molecule has 0 saturated heterocycles. The molecule has 0 fully saturated rings. The first-order valence-electron chi connectivity index (χ1n) is 10.0. The van der Waals surface area contributed by atoms with Crippen LogP contribution in [0.5, 0.6) is 11.5 Å². The normalized spacial score (nSPS) is 11.9. The standard InChI is InChI=1S/C24H27FN2O4/c1-27(2)15-14-22(17-4-6-18(25)7-5-17)26-24(28)23-13-12-21(31-23)16-30-20-10-8-19(29-3)9-11-20/h4-13,22H,14-16H2,1-3H3,(H,26,28). The predicted molar refractivity (Wildman–Crippen MR) is 116 cm³/mol. The summed E-state index contributed by atoms with van der Waals surface area (Å²) >= 11 is 0. The Bertz CT molecular complexity index is 968. The van der Waals surface area contributed by atoms with E-state index in [1.54, 1.807) is 55.6 Å². The first kappa shape index (κ1) is 22.4. The maximum Gasteiger partial charge on any atom is 0.287 e. The lowest BCUT2D eigenvalue weighted by atomic mass is 10.0. The Morgan fingerprint density at radius 1 is 1.03 bits per heavy atom. The summed E-state index contributed by atoms with van der Waals surface area (Å²) in [6.45, 7) is 0.961. The quantitative estimate of drug-likeness (QED) is 0.520. The van der Waals surface area contributed by atoms with E-state index in [2.05, 4.69) is 5.32 Å². The number of amides is 1. The van der Waals surface area contributed by atoms with Crippen molar-refractivity contribution in [2.75, 3.05) is 27.7 Å². The zero-order valence-electron chi connectivity index (χ0n) is 17.9. The molecule has 0 radical (unpaired) electrons. The van der Waals surface area contributed by atoms with Gasteiger partial charge >= 0.3 is 0 Å². The molecule has 1 amide bonds. The fourth-order valence-electron chi connectivity index (χ4n) is 3.04. The highest BCUT2D eigenvalue weighted by Gasteiger charge is 2.19. The lowest BCUT2D eigenvalue weighted by molar-refractivity contribution is 0.0900. The van der Waals surface area contributed by atoms with Crippen molar-refractivity contribution in [3.05, 3.63) is 83.6 Å². The van der Waals surface area contributed by atoms with Crippen LogP contribution in [0, 0.1) is 5.82 Å². The van der Waals surface area contributed by atoms with Crippen molar-refractivity contribution in [3.63, 3.8) is 0 Å². The molecule has 1 atom stereocenters. The highest BCUT2D eigenvalue weighted by molar-refractivity contribution is 5.91. The third-order valence-corrected chi connectivity index (χ3v) is 4.77. The Balaban J connectivity index is 1.62. The molecule has 0 spiro atoms. The van der Waals surface area contributed by atoms with Crippen molar-refractivity contribution in [2.45, 2.75) is 19.1 Å². The van der Waals surface area contributed by atoms with Crippen molar-refractivity contribution in [2.24, 2.45) is 0 Å². The van der Waals surface area contributed by atoms with Crippen molar-refractivity contribution in [1.82, 2.24) is 10.2 Å². The average Bonchev–Trinajstić information content (AvgIpc) is 3.25. The summed E-state index contributed by atoms with van der Waals surface area (Å²) < 4.78 is 29.8. The minimum Gasteiger partial charge on any atom is -0.497 e. The van der Waals surface area contributed by atoms with Crippen LogP contribution in [0.25, 0.3) is 0 Å². The molecule has 3 aromatic rings. The van der Waals surface area contributed by atoms with Crippen LogP contribution in [0.3, 0.4) is 0 Å². The van der Waals surface area contributed by atoms with E-state index in [1.165, 1.54) is 12.1 Å². The van der Waals surface area contributed by atoms with Gasteiger partial charge in [-0.05, 0) is 81.2 Å². The summed E-state index contributed by atoms with van der Waals surface area (Å²) in [5.74, 6) is 1.51. The number of rotatable bonds is 10. The summed E-state index contributed by atoms with van der Waals surface area (Å²) in [5.41, 5.74) is 0.839. The second-order valence-corrected chi connectivity index (χ2v) is 7.40. The van der Waals surface area contributed by atoms with Gasteiger partial charge < -0.3 is 24.1 Å². The molecule has 0 aliphatic rings. The van der Waals surface area contributed by atoms with Gasteiger partial charge in [-0.3, -0.25) is 4.79 Å². The van der Waals surface area contributed by atoms with Crippen LogP contribution >= 0.6 is 0 Å². The van der Waals surface area contributed by atoms with E-state index in [-0.39, 0.29) is 30.1 Å². The molecule has 1 N–H and O–H groups in total. The maximum atomic E-state index is 13.3. The molecule has 0 aliphatic carbocycles. The molecular formula is C24H27FN2O4. The molecule has 6 nitrogen and oxygen atoms in total. The highest BCUT2D eigenvalue weighted by Crippen LogP contribution is 2.21. The van der Waals surface area contributed by atoms with Gasteiger partial charge in [0.05, 0.1) is 13.2 Å². The van der Waals surface area contributed by atoms with E-state index in [0.29, 0.717) is 17.9 Å². The number of benzene rings is 2. The van der Waals surface area contributed by atoms with Gasteiger partial charge in [0.15, 0.2) is 5.76 Å². The molecular weight excluding hydrogens is 399 g/mol. The van der Waals surface area contributed by atoms with Gasteiger partial charge in [0.2, 0.25) is 0 Å². The number of nitrogens with one attached hydrogen (secondary N) is 1. The van der Waals surface area contributed by atoms with Gasteiger partial charge in [-0.2, -0.15) is 0 Å². The third-order valence-electron chi connectivity index (χ3n) is 4.77. The maximum absolute atomic E-state index is 13.3. The first-order chi connectivity index (χ1) is 14.9. The molecule has 1 aromatic heterocycles. The van der Waals surface area contributed by atoms with Gasteiger partial charge in [-0.1, -0.05) is 12.1 Å². The first-order valence-corrected chi connectivity index (χ1v) is 10.0. The summed E-state index contributed by atoms with van der Waals surface area (Å²) in [7, 11) is 5.53. The largest absolute Gasteiger partial charge is 0.497 e. The predicted octanol–water partition coefficient (Wildman–Crippen LogP) is 4.43. The van der Waals surface area contributed by atoms with Crippen molar-refractivity contribution in [1.29, 1.82) is 0 Å². The SMILES string of the molecule is COc1ccc(OCc2ccc(C(=O)NC(CCN(C)C)c3ccc(F)cc3)o2)cc1. The van der Waals surface area contributed by atoms with Crippen LogP contribution in [-0.4, -0.2) is 38.6 Å².